The molecular weight excluding hydrogens is 344 g/mol. The SMILES string of the molecule is O=C(c1ccc(CO)o1)N1CCc2nc(-c3ccc(F)cc3F)[nH]c2C1. The summed E-state index contributed by atoms with van der Waals surface area (Å²) in [5, 5.41) is 9.04. The molecule has 2 N–H and O–H groups in total. The van der Waals surface area contributed by atoms with E-state index in [1.165, 1.54) is 18.2 Å². The van der Waals surface area contributed by atoms with Crippen molar-refractivity contribution in [2.75, 3.05) is 6.54 Å². The number of fused-ring (bicyclic) bond motifs is 1. The van der Waals surface area contributed by atoms with Crippen molar-refractivity contribution in [2.45, 2.75) is 19.6 Å². The Kier molecular flexibility index (Phi) is 4.04. The maximum absolute atomic E-state index is 14.0. The van der Waals surface area contributed by atoms with Gasteiger partial charge in [-0.15, -0.1) is 0 Å². The summed E-state index contributed by atoms with van der Waals surface area (Å²) in [5.41, 5.74) is 1.64. The van der Waals surface area contributed by atoms with Crippen molar-refractivity contribution in [3.05, 3.63) is 64.9 Å². The van der Waals surface area contributed by atoms with Crippen LogP contribution in [-0.2, 0) is 19.6 Å². The topological polar surface area (TPSA) is 82.4 Å². The van der Waals surface area contributed by atoms with E-state index in [4.69, 9.17) is 9.52 Å². The fourth-order valence-corrected chi connectivity index (χ4v) is 3.01. The zero-order valence-electron chi connectivity index (χ0n) is 13.6. The van der Waals surface area contributed by atoms with E-state index in [-0.39, 0.29) is 30.4 Å². The summed E-state index contributed by atoms with van der Waals surface area (Å²) in [5.74, 6) is -0.860. The first-order chi connectivity index (χ1) is 12.5. The number of H-pyrrole nitrogens is 1. The van der Waals surface area contributed by atoms with Gasteiger partial charge in [-0.05, 0) is 24.3 Å². The molecule has 0 saturated heterocycles. The molecule has 8 heteroatoms. The van der Waals surface area contributed by atoms with E-state index in [2.05, 4.69) is 9.97 Å². The van der Waals surface area contributed by atoms with Crippen LogP contribution in [-0.4, -0.2) is 32.4 Å². The Morgan fingerprint density at radius 2 is 2.15 bits per heavy atom. The molecule has 2 aromatic heterocycles. The molecule has 0 saturated carbocycles. The van der Waals surface area contributed by atoms with Gasteiger partial charge < -0.3 is 19.4 Å². The van der Waals surface area contributed by atoms with Crippen LogP contribution in [0.15, 0.2) is 34.7 Å². The van der Waals surface area contributed by atoms with E-state index in [9.17, 15) is 13.6 Å². The number of aromatic amines is 1. The number of nitrogens with one attached hydrogen (secondary N) is 1. The van der Waals surface area contributed by atoms with Gasteiger partial charge >= 0.3 is 0 Å². The predicted molar refractivity (Wildman–Crippen MR) is 87.0 cm³/mol. The second-order valence-electron chi connectivity index (χ2n) is 6.04. The van der Waals surface area contributed by atoms with Crippen LogP contribution in [0.25, 0.3) is 11.4 Å². The first-order valence-corrected chi connectivity index (χ1v) is 8.07. The molecule has 6 nitrogen and oxygen atoms in total. The summed E-state index contributed by atoms with van der Waals surface area (Å²) in [6, 6.07) is 6.38. The zero-order chi connectivity index (χ0) is 18.3. The maximum atomic E-state index is 14.0. The smallest absolute Gasteiger partial charge is 0.289 e. The van der Waals surface area contributed by atoms with Crippen molar-refractivity contribution in [3.63, 3.8) is 0 Å². The number of benzene rings is 1. The van der Waals surface area contributed by atoms with Crippen molar-refractivity contribution in [1.82, 2.24) is 14.9 Å². The van der Waals surface area contributed by atoms with Crippen molar-refractivity contribution >= 4 is 5.91 Å². The lowest BCUT2D eigenvalue weighted by Gasteiger charge is -2.25. The van der Waals surface area contributed by atoms with Gasteiger partial charge in [0.15, 0.2) is 5.76 Å². The summed E-state index contributed by atoms with van der Waals surface area (Å²) in [6.45, 7) is 0.445. The number of furan rings is 1. The third kappa shape index (κ3) is 2.88. The lowest BCUT2D eigenvalue weighted by atomic mass is 10.1. The Morgan fingerprint density at radius 3 is 2.88 bits per heavy atom. The van der Waals surface area contributed by atoms with Crippen molar-refractivity contribution in [3.8, 4) is 11.4 Å². The molecule has 3 heterocycles. The highest BCUT2D eigenvalue weighted by molar-refractivity contribution is 5.91. The van der Waals surface area contributed by atoms with Crippen LogP contribution < -0.4 is 0 Å². The fraction of sp³-hybridized carbons (Fsp3) is 0.222. The Balaban J connectivity index is 1.57. The molecule has 1 aliphatic rings. The Hall–Kier alpha value is -3.00. The number of aliphatic hydroxyl groups excluding tert-OH is 1. The molecule has 0 spiro atoms. The summed E-state index contributed by atoms with van der Waals surface area (Å²) in [7, 11) is 0. The summed E-state index contributed by atoms with van der Waals surface area (Å²) in [4.78, 5) is 21.5. The minimum Gasteiger partial charge on any atom is -0.453 e. The number of hydrogen-bond acceptors (Lipinski definition) is 4. The average Bonchev–Trinajstić information content (AvgIpc) is 3.27. The van der Waals surface area contributed by atoms with Gasteiger partial charge in [-0.1, -0.05) is 0 Å². The highest BCUT2D eigenvalue weighted by Gasteiger charge is 2.27. The van der Waals surface area contributed by atoms with E-state index in [1.807, 2.05) is 0 Å². The number of carbonyl (C=O) groups excluding carboxylic acids is 1. The van der Waals surface area contributed by atoms with Crippen LogP contribution in [0.5, 0.6) is 0 Å². The highest BCUT2D eigenvalue weighted by Crippen LogP contribution is 2.26. The van der Waals surface area contributed by atoms with Crippen LogP contribution in [0.3, 0.4) is 0 Å². The van der Waals surface area contributed by atoms with Gasteiger partial charge in [-0.2, -0.15) is 0 Å². The largest absolute Gasteiger partial charge is 0.453 e. The van der Waals surface area contributed by atoms with E-state index in [1.54, 1.807) is 11.0 Å². The molecule has 0 fully saturated rings. The first-order valence-electron chi connectivity index (χ1n) is 8.07. The van der Waals surface area contributed by atoms with Gasteiger partial charge in [0.1, 0.15) is 29.8 Å². The van der Waals surface area contributed by atoms with Crippen LogP contribution in [0.4, 0.5) is 8.78 Å². The molecule has 0 aliphatic carbocycles. The van der Waals surface area contributed by atoms with Crippen LogP contribution in [0.1, 0.15) is 27.7 Å². The number of rotatable bonds is 3. The number of hydrogen-bond donors (Lipinski definition) is 2. The summed E-state index contributed by atoms with van der Waals surface area (Å²) < 4.78 is 32.3. The molecule has 0 atom stereocenters. The Labute approximate surface area is 147 Å². The minimum atomic E-state index is -0.698. The molecule has 3 aromatic rings. The fourth-order valence-electron chi connectivity index (χ4n) is 3.01. The quantitative estimate of drug-likeness (QED) is 0.753. The van der Waals surface area contributed by atoms with Crippen LogP contribution in [0.2, 0.25) is 0 Å². The van der Waals surface area contributed by atoms with E-state index >= 15 is 0 Å². The van der Waals surface area contributed by atoms with Crippen molar-refractivity contribution < 1.29 is 23.1 Å². The normalized spacial score (nSPS) is 13.7. The Bertz CT molecular complexity index is 980. The lowest BCUT2D eigenvalue weighted by Crippen LogP contribution is -2.35. The van der Waals surface area contributed by atoms with Gasteiger partial charge in [0.05, 0.1) is 23.5 Å². The van der Waals surface area contributed by atoms with Gasteiger partial charge in [-0.3, -0.25) is 4.79 Å². The van der Waals surface area contributed by atoms with Gasteiger partial charge in [0.2, 0.25) is 0 Å². The molecule has 1 aromatic carbocycles. The molecule has 134 valence electrons. The number of amides is 1. The second-order valence-corrected chi connectivity index (χ2v) is 6.04. The average molecular weight is 359 g/mol. The molecular formula is C18H15F2N3O3. The second kappa shape index (κ2) is 6.38. The van der Waals surface area contributed by atoms with E-state index in [0.717, 1.165) is 11.8 Å². The third-order valence-corrected chi connectivity index (χ3v) is 4.33. The highest BCUT2D eigenvalue weighted by atomic mass is 19.1. The van der Waals surface area contributed by atoms with Crippen molar-refractivity contribution in [2.24, 2.45) is 0 Å². The number of imidazole rings is 1. The van der Waals surface area contributed by atoms with Gasteiger partial charge in [0.25, 0.3) is 5.91 Å². The van der Waals surface area contributed by atoms with E-state index in [0.29, 0.717) is 30.2 Å². The minimum absolute atomic E-state index is 0.154. The monoisotopic (exact) mass is 359 g/mol. The molecule has 0 unspecified atom stereocenters. The standard InChI is InChI=1S/C18H15F2N3O3/c19-10-1-3-12(13(20)7-10)17-21-14-5-6-23(8-15(14)22-17)18(25)16-4-2-11(9-24)26-16/h1-4,7,24H,5-6,8-9H2,(H,21,22). The summed E-state index contributed by atoms with van der Waals surface area (Å²) in [6.07, 6.45) is 0.508. The van der Waals surface area contributed by atoms with Crippen molar-refractivity contribution in [1.29, 1.82) is 0 Å². The number of nitrogens with zero attached hydrogens (tertiary/aromatic N) is 2. The first kappa shape index (κ1) is 16.5. The zero-order valence-corrected chi connectivity index (χ0v) is 13.6. The lowest BCUT2D eigenvalue weighted by molar-refractivity contribution is 0.0695. The molecule has 4 rings (SSSR count). The van der Waals surface area contributed by atoms with Crippen LogP contribution >= 0.6 is 0 Å². The molecule has 1 amide bonds. The van der Waals surface area contributed by atoms with Gasteiger partial charge in [0, 0.05) is 19.0 Å². The number of halogens is 2. The van der Waals surface area contributed by atoms with Crippen LogP contribution in [0, 0.1) is 11.6 Å². The molecule has 26 heavy (non-hydrogen) atoms. The Morgan fingerprint density at radius 1 is 1.31 bits per heavy atom. The third-order valence-electron chi connectivity index (χ3n) is 4.33. The number of carbonyl (C=O) groups is 1. The molecule has 1 aliphatic heterocycles. The molecule has 0 radical (unpaired) electrons. The van der Waals surface area contributed by atoms with Gasteiger partial charge in [-0.25, -0.2) is 13.8 Å². The summed E-state index contributed by atoms with van der Waals surface area (Å²) >= 11 is 0. The number of aliphatic hydroxyl groups is 1. The number of aromatic nitrogens is 2. The van der Waals surface area contributed by atoms with E-state index < -0.39 is 11.6 Å². The maximum Gasteiger partial charge on any atom is 0.289 e. The molecule has 0 bridgehead atoms. The predicted octanol–water partition coefficient (Wildman–Crippen LogP) is 2.64.